The van der Waals surface area contributed by atoms with Crippen molar-refractivity contribution in [2.45, 2.75) is 45.7 Å². The van der Waals surface area contributed by atoms with Gasteiger partial charge in [-0.25, -0.2) is 4.79 Å². The van der Waals surface area contributed by atoms with E-state index in [-0.39, 0.29) is 31.7 Å². The predicted molar refractivity (Wildman–Crippen MR) is 94.5 cm³/mol. The summed E-state index contributed by atoms with van der Waals surface area (Å²) in [6, 6.07) is 5.64. The smallest absolute Gasteiger partial charge is 0.328 e. The Balaban J connectivity index is 2.00. The van der Waals surface area contributed by atoms with E-state index < -0.39 is 29.2 Å². The lowest BCUT2D eigenvalue weighted by atomic mass is 10.0. The third-order valence-corrected chi connectivity index (χ3v) is 4.00. The van der Waals surface area contributed by atoms with Crippen molar-refractivity contribution in [3.8, 4) is 0 Å². The van der Waals surface area contributed by atoms with E-state index in [1.54, 1.807) is 24.3 Å². The number of fused-ring (bicyclic) bond motifs is 1. The lowest BCUT2D eigenvalue weighted by Crippen LogP contribution is -2.48. The van der Waals surface area contributed by atoms with Crippen molar-refractivity contribution in [2.24, 2.45) is 5.92 Å². The predicted octanol–water partition coefficient (Wildman–Crippen LogP) is -0.249. The van der Waals surface area contributed by atoms with Crippen molar-refractivity contribution in [1.82, 2.24) is 14.9 Å². The number of aromatic nitrogens is 2. The summed E-state index contributed by atoms with van der Waals surface area (Å²) in [5.41, 5.74) is -0.499. The maximum Gasteiger partial charge on any atom is 0.328 e. The van der Waals surface area contributed by atoms with Crippen LogP contribution in [0.2, 0.25) is 0 Å². The average Bonchev–Trinajstić information content (AvgIpc) is 2.56. The molecule has 1 atom stereocenters. The number of carboxylic acid groups (broad SMARTS) is 1. The zero-order valence-electron chi connectivity index (χ0n) is 14.8. The van der Waals surface area contributed by atoms with E-state index in [9.17, 15) is 24.3 Å². The van der Waals surface area contributed by atoms with Crippen LogP contribution < -0.4 is 21.7 Å². The Kier molecular flexibility index (Phi) is 6.32. The van der Waals surface area contributed by atoms with E-state index in [0.717, 1.165) is 4.57 Å². The van der Waals surface area contributed by atoms with Gasteiger partial charge in [0.15, 0.2) is 0 Å². The Morgan fingerprint density at radius 2 is 1.92 bits per heavy atom. The fourth-order valence-electron chi connectivity index (χ4n) is 2.75. The molecule has 8 heteroatoms. The molecule has 26 heavy (non-hydrogen) atoms. The van der Waals surface area contributed by atoms with Gasteiger partial charge < -0.3 is 20.2 Å². The molecule has 1 aromatic carbocycles. The fraction of sp³-hybridized carbons (Fsp3) is 0.444. The average molecular weight is 360 g/mol. The minimum atomic E-state index is -1.32. The number of hydrogen-bond acceptors (Lipinski definition) is 5. The molecule has 1 aromatic heterocycles. The van der Waals surface area contributed by atoms with Crippen molar-refractivity contribution in [3.05, 3.63) is 45.1 Å². The first-order chi connectivity index (χ1) is 12.3. The van der Waals surface area contributed by atoms with E-state index >= 15 is 0 Å². The van der Waals surface area contributed by atoms with Crippen LogP contribution in [0.1, 0.15) is 33.1 Å². The molecule has 0 aliphatic rings. The molecule has 0 fully saturated rings. The zero-order chi connectivity index (χ0) is 19.3. The van der Waals surface area contributed by atoms with Crippen LogP contribution in [-0.4, -0.2) is 27.5 Å². The second-order valence-electron chi connectivity index (χ2n) is 6.60. The Bertz CT molecular complexity index is 913. The Morgan fingerprint density at radius 1 is 1.23 bits per heavy atom. The van der Waals surface area contributed by atoms with Gasteiger partial charge in [0, 0.05) is 13.0 Å². The molecule has 2 aromatic rings. The number of aliphatic carboxylic acids is 1. The van der Waals surface area contributed by atoms with Gasteiger partial charge in [-0.05, 0) is 30.9 Å². The third kappa shape index (κ3) is 4.81. The number of carbonyl (C=O) groups is 2. The normalized spacial score (nSPS) is 12.3. The number of carboxylic acids is 1. The van der Waals surface area contributed by atoms with Gasteiger partial charge in [0.05, 0.1) is 22.9 Å². The number of benzene rings is 1. The number of nitrogens with zero attached hydrogens (tertiary/aromatic N) is 1. The summed E-state index contributed by atoms with van der Waals surface area (Å²) >= 11 is 0. The van der Waals surface area contributed by atoms with Crippen molar-refractivity contribution < 1.29 is 14.7 Å². The van der Waals surface area contributed by atoms with Gasteiger partial charge in [-0.3, -0.25) is 14.2 Å². The van der Waals surface area contributed by atoms with Crippen molar-refractivity contribution >= 4 is 22.8 Å². The van der Waals surface area contributed by atoms with E-state index in [2.05, 4.69) is 10.3 Å². The maximum absolute atomic E-state index is 12.4. The number of hydrogen-bond donors (Lipinski definition) is 2. The van der Waals surface area contributed by atoms with E-state index in [4.69, 9.17) is 0 Å². The minimum absolute atomic E-state index is 0.000577. The van der Waals surface area contributed by atoms with Crippen LogP contribution in [0.5, 0.6) is 0 Å². The summed E-state index contributed by atoms with van der Waals surface area (Å²) in [6.07, 6.45) is 0.507. The molecule has 0 spiro atoms. The Labute approximate surface area is 149 Å². The molecule has 0 saturated carbocycles. The number of carbonyl (C=O) groups excluding carboxylic acids is 2. The molecular weight excluding hydrogens is 338 g/mol. The second-order valence-corrected chi connectivity index (χ2v) is 6.60. The van der Waals surface area contributed by atoms with Crippen molar-refractivity contribution in [1.29, 1.82) is 0 Å². The molecule has 0 bridgehead atoms. The number of nitrogens with one attached hydrogen (secondary N) is 2. The van der Waals surface area contributed by atoms with E-state index in [0.29, 0.717) is 10.9 Å². The summed E-state index contributed by atoms with van der Waals surface area (Å²) in [5.74, 6) is -1.69. The molecule has 0 aliphatic heterocycles. The van der Waals surface area contributed by atoms with Gasteiger partial charge in [-0.2, -0.15) is 0 Å². The second kappa shape index (κ2) is 8.46. The largest absolute Gasteiger partial charge is 0.548 e. The quantitative estimate of drug-likeness (QED) is 0.672. The van der Waals surface area contributed by atoms with Crippen molar-refractivity contribution in [3.63, 3.8) is 0 Å². The van der Waals surface area contributed by atoms with Crippen LogP contribution >= 0.6 is 0 Å². The molecular formula is C18H22N3O5-. The molecule has 2 N–H and O–H groups in total. The molecule has 2 rings (SSSR count). The van der Waals surface area contributed by atoms with Crippen LogP contribution in [-0.2, 0) is 16.1 Å². The van der Waals surface area contributed by atoms with E-state index in [1.165, 1.54) is 0 Å². The topological polar surface area (TPSA) is 124 Å². The van der Waals surface area contributed by atoms with Gasteiger partial charge in [-0.15, -0.1) is 0 Å². The van der Waals surface area contributed by atoms with E-state index in [1.807, 2.05) is 13.8 Å². The highest BCUT2D eigenvalue weighted by atomic mass is 16.4. The highest BCUT2D eigenvalue weighted by molar-refractivity contribution is 5.82. The van der Waals surface area contributed by atoms with Crippen LogP contribution in [0.3, 0.4) is 0 Å². The van der Waals surface area contributed by atoms with Crippen molar-refractivity contribution in [2.75, 3.05) is 0 Å². The molecule has 140 valence electrons. The number of H-pyrrole nitrogens is 1. The monoisotopic (exact) mass is 360 g/mol. The lowest BCUT2D eigenvalue weighted by molar-refractivity contribution is -0.308. The summed E-state index contributed by atoms with van der Waals surface area (Å²) in [6.45, 7) is 3.76. The van der Waals surface area contributed by atoms with Crippen LogP contribution in [0.4, 0.5) is 0 Å². The summed E-state index contributed by atoms with van der Waals surface area (Å²) < 4.78 is 1.04. The summed E-state index contributed by atoms with van der Waals surface area (Å²) in [5, 5.41) is 13.9. The Hall–Kier alpha value is -2.90. The molecule has 0 saturated heterocycles. The first-order valence-corrected chi connectivity index (χ1v) is 8.51. The minimum Gasteiger partial charge on any atom is -0.548 e. The number of amides is 1. The SMILES string of the molecule is CC(C)C[C@H](NC(=O)CCCn1c(=O)[nH]c2ccccc2c1=O)C(=O)[O-]. The fourth-order valence-corrected chi connectivity index (χ4v) is 2.75. The highest BCUT2D eigenvalue weighted by Gasteiger charge is 2.15. The molecule has 0 aliphatic carbocycles. The van der Waals surface area contributed by atoms with Crippen LogP contribution in [0, 0.1) is 5.92 Å². The maximum atomic E-state index is 12.4. The highest BCUT2D eigenvalue weighted by Crippen LogP contribution is 2.06. The summed E-state index contributed by atoms with van der Waals surface area (Å²) in [7, 11) is 0. The van der Waals surface area contributed by atoms with Gasteiger partial charge in [0.1, 0.15) is 0 Å². The van der Waals surface area contributed by atoms with Gasteiger partial charge in [0.25, 0.3) is 5.56 Å². The molecule has 0 radical (unpaired) electrons. The first-order valence-electron chi connectivity index (χ1n) is 8.51. The van der Waals surface area contributed by atoms with Crippen LogP contribution in [0.15, 0.2) is 33.9 Å². The lowest BCUT2D eigenvalue weighted by Gasteiger charge is -2.21. The van der Waals surface area contributed by atoms with Gasteiger partial charge >= 0.3 is 5.69 Å². The molecule has 0 unspecified atom stereocenters. The zero-order valence-corrected chi connectivity index (χ0v) is 14.8. The third-order valence-electron chi connectivity index (χ3n) is 4.00. The van der Waals surface area contributed by atoms with Gasteiger partial charge in [0.2, 0.25) is 5.91 Å². The Morgan fingerprint density at radius 3 is 2.58 bits per heavy atom. The number of rotatable bonds is 8. The van der Waals surface area contributed by atoms with Gasteiger partial charge in [-0.1, -0.05) is 26.0 Å². The summed E-state index contributed by atoms with van der Waals surface area (Å²) in [4.78, 5) is 50.0. The number of para-hydroxylation sites is 1. The molecule has 1 amide bonds. The molecule has 1 heterocycles. The van der Waals surface area contributed by atoms with Crippen LogP contribution in [0.25, 0.3) is 10.9 Å². The first kappa shape index (κ1) is 19.4. The standard InChI is InChI=1S/C18H23N3O5/c1-11(2)10-14(17(24)25)19-15(22)8-5-9-21-16(23)12-6-3-4-7-13(12)20-18(21)26/h3-4,6-7,11,14H,5,8-10H2,1-2H3,(H,19,22)(H,20,26)(H,24,25)/p-1/t14-/m0/s1. The number of aromatic amines is 1. The molecule has 8 nitrogen and oxygen atoms in total.